The van der Waals surface area contributed by atoms with E-state index in [1.807, 2.05) is 60.8 Å². The number of nitrogens with zero attached hydrogens (tertiary/aromatic N) is 5. The molecule has 0 spiro atoms. The fraction of sp³-hybridized carbons (Fsp3) is 0.150. The van der Waals surface area contributed by atoms with Crippen LogP contribution in [0.15, 0.2) is 73.7 Å². The van der Waals surface area contributed by atoms with Gasteiger partial charge in [0.1, 0.15) is 0 Å². The second kappa shape index (κ2) is 7.73. The number of aryl methyl sites for hydroxylation is 1. The number of carbonyl (C=O) groups is 1. The lowest BCUT2D eigenvalue weighted by Crippen LogP contribution is -2.29. The molecule has 2 heterocycles. The maximum Gasteiger partial charge on any atom is 0.282 e. The van der Waals surface area contributed by atoms with E-state index in [0.29, 0.717) is 16.5 Å². The smallest absolute Gasteiger partial charge is 0.269 e. The lowest BCUT2D eigenvalue weighted by atomic mass is 10.2. The highest BCUT2D eigenvalue weighted by Crippen LogP contribution is 2.31. The highest BCUT2D eigenvalue weighted by atomic mass is 79.9. The minimum atomic E-state index is -0.722. The predicted octanol–water partition coefficient (Wildman–Crippen LogP) is 5.76. The maximum atomic E-state index is 12.8. The Morgan fingerprint density at radius 3 is 2.68 bits per heavy atom. The third kappa shape index (κ3) is 3.79. The van der Waals surface area contributed by atoms with Gasteiger partial charge >= 0.3 is 0 Å². The van der Waals surface area contributed by atoms with E-state index >= 15 is 0 Å². The Labute approximate surface area is 174 Å². The topological polar surface area (TPSA) is 70.3 Å². The molecular weight excluding hydrogens is 438 g/mol. The van der Waals surface area contributed by atoms with E-state index in [1.54, 1.807) is 6.92 Å². The van der Waals surface area contributed by atoms with Gasteiger partial charge in [0.05, 0.1) is 17.1 Å². The van der Waals surface area contributed by atoms with Crippen molar-refractivity contribution in [1.29, 1.82) is 0 Å². The van der Waals surface area contributed by atoms with Crippen LogP contribution in [0.5, 0.6) is 0 Å². The van der Waals surface area contributed by atoms with Crippen LogP contribution in [-0.2, 0) is 4.79 Å². The standard InChI is InChI=1S/C20H16BrN5OS/c1-12-4-3-5-16(10-12)23-24-18-13(2)25-26(19(18)27)20-22-17(11-28-20)14-6-8-15(21)9-7-14/h3-11,18H,1-2H3. The number of aromatic nitrogens is 1. The van der Waals surface area contributed by atoms with Crippen molar-refractivity contribution in [3.05, 3.63) is 63.9 Å². The maximum absolute atomic E-state index is 12.8. The van der Waals surface area contributed by atoms with Gasteiger partial charge in [-0.15, -0.1) is 11.3 Å². The first-order valence-electron chi connectivity index (χ1n) is 8.59. The number of rotatable bonds is 4. The van der Waals surface area contributed by atoms with Gasteiger partial charge in [-0.3, -0.25) is 4.79 Å². The minimum Gasteiger partial charge on any atom is -0.269 e. The summed E-state index contributed by atoms with van der Waals surface area (Å²) in [6, 6.07) is 14.8. The second-order valence-corrected chi connectivity index (χ2v) is 8.12. The fourth-order valence-corrected chi connectivity index (χ4v) is 3.81. The summed E-state index contributed by atoms with van der Waals surface area (Å²) >= 11 is 4.80. The monoisotopic (exact) mass is 453 g/mol. The molecule has 1 amide bonds. The summed E-state index contributed by atoms with van der Waals surface area (Å²) in [6.07, 6.45) is 0. The summed E-state index contributed by atoms with van der Waals surface area (Å²) < 4.78 is 1.00. The predicted molar refractivity (Wildman–Crippen MR) is 115 cm³/mol. The van der Waals surface area contributed by atoms with Gasteiger partial charge in [0.25, 0.3) is 5.91 Å². The van der Waals surface area contributed by atoms with E-state index in [-0.39, 0.29) is 5.91 Å². The van der Waals surface area contributed by atoms with Gasteiger partial charge in [-0.1, -0.05) is 40.2 Å². The van der Waals surface area contributed by atoms with Gasteiger partial charge < -0.3 is 0 Å². The number of amides is 1. The number of anilines is 1. The molecule has 2 aromatic carbocycles. The Morgan fingerprint density at radius 1 is 1.14 bits per heavy atom. The fourth-order valence-electron chi connectivity index (χ4n) is 2.76. The van der Waals surface area contributed by atoms with Crippen molar-refractivity contribution in [1.82, 2.24) is 4.98 Å². The Hall–Kier alpha value is -2.71. The third-order valence-electron chi connectivity index (χ3n) is 4.20. The molecule has 0 fully saturated rings. The molecule has 0 aliphatic carbocycles. The van der Waals surface area contributed by atoms with Crippen LogP contribution in [0, 0.1) is 6.92 Å². The first kappa shape index (κ1) is 18.6. The number of halogens is 1. The van der Waals surface area contributed by atoms with Gasteiger partial charge in [-0.2, -0.15) is 20.3 Å². The Bertz CT molecular complexity index is 1090. The van der Waals surface area contributed by atoms with Crippen molar-refractivity contribution < 1.29 is 4.79 Å². The van der Waals surface area contributed by atoms with Crippen molar-refractivity contribution >= 4 is 49.7 Å². The van der Waals surface area contributed by atoms with Crippen LogP contribution in [0.1, 0.15) is 12.5 Å². The van der Waals surface area contributed by atoms with E-state index < -0.39 is 6.04 Å². The summed E-state index contributed by atoms with van der Waals surface area (Å²) in [6.45, 7) is 3.76. The Kier molecular flexibility index (Phi) is 5.15. The molecule has 8 heteroatoms. The molecule has 0 bridgehead atoms. The average molecular weight is 454 g/mol. The lowest BCUT2D eigenvalue weighted by Gasteiger charge is -2.08. The molecule has 28 heavy (non-hydrogen) atoms. The van der Waals surface area contributed by atoms with Crippen LogP contribution in [0.4, 0.5) is 10.8 Å². The first-order valence-corrected chi connectivity index (χ1v) is 10.3. The molecule has 0 saturated heterocycles. The molecule has 0 N–H and O–H groups in total. The summed E-state index contributed by atoms with van der Waals surface area (Å²) in [4.78, 5) is 17.4. The largest absolute Gasteiger partial charge is 0.282 e. The number of benzene rings is 2. The summed E-state index contributed by atoms with van der Waals surface area (Å²) in [7, 11) is 0. The molecule has 0 radical (unpaired) electrons. The summed E-state index contributed by atoms with van der Waals surface area (Å²) in [5.74, 6) is -0.245. The van der Waals surface area contributed by atoms with Crippen molar-refractivity contribution in [2.45, 2.75) is 19.9 Å². The first-order chi connectivity index (χ1) is 13.5. The van der Waals surface area contributed by atoms with Crippen LogP contribution >= 0.6 is 27.3 Å². The van der Waals surface area contributed by atoms with Gasteiger partial charge in [0, 0.05) is 15.4 Å². The van der Waals surface area contributed by atoms with Crippen LogP contribution in [0.3, 0.4) is 0 Å². The highest BCUT2D eigenvalue weighted by molar-refractivity contribution is 9.10. The van der Waals surface area contributed by atoms with Gasteiger partial charge in [-0.05, 0) is 43.7 Å². The number of hydrazone groups is 1. The van der Waals surface area contributed by atoms with Crippen LogP contribution in [-0.4, -0.2) is 22.6 Å². The van der Waals surface area contributed by atoms with Crippen LogP contribution < -0.4 is 5.01 Å². The van der Waals surface area contributed by atoms with Crippen molar-refractivity contribution in [3.8, 4) is 11.3 Å². The number of azo groups is 1. The van der Waals surface area contributed by atoms with Crippen LogP contribution in [0.25, 0.3) is 11.3 Å². The van der Waals surface area contributed by atoms with Crippen molar-refractivity contribution in [2.24, 2.45) is 15.3 Å². The molecule has 1 atom stereocenters. The highest BCUT2D eigenvalue weighted by Gasteiger charge is 2.36. The van der Waals surface area contributed by atoms with E-state index in [9.17, 15) is 4.79 Å². The molecule has 1 aliphatic rings. The van der Waals surface area contributed by atoms with Crippen molar-refractivity contribution in [2.75, 3.05) is 5.01 Å². The number of hydrogen-bond acceptors (Lipinski definition) is 6. The number of thiazole rings is 1. The second-order valence-electron chi connectivity index (χ2n) is 6.37. The van der Waals surface area contributed by atoms with E-state index in [1.165, 1.54) is 16.3 Å². The molecular formula is C20H16BrN5OS. The number of carbonyl (C=O) groups excluding carboxylic acids is 1. The molecule has 3 aromatic rings. The Balaban J connectivity index is 1.54. The van der Waals surface area contributed by atoms with Crippen molar-refractivity contribution in [3.63, 3.8) is 0 Å². The van der Waals surface area contributed by atoms with E-state index in [0.717, 1.165) is 21.3 Å². The quantitative estimate of drug-likeness (QED) is 0.471. The molecule has 4 rings (SSSR count). The zero-order valence-electron chi connectivity index (χ0n) is 15.2. The number of hydrogen-bond donors (Lipinski definition) is 0. The summed E-state index contributed by atoms with van der Waals surface area (Å²) in [5.41, 5.74) is 4.18. The summed E-state index contributed by atoms with van der Waals surface area (Å²) in [5, 5.41) is 16.6. The molecule has 0 saturated carbocycles. The molecule has 140 valence electrons. The lowest BCUT2D eigenvalue weighted by molar-refractivity contribution is -0.117. The average Bonchev–Trinajstić information content (AvgIpc) is 3.26. The normalized spacial score (nSPS) is 16.8. The van der Waals surface area contributed by atoms with Gasteiger partial charge in [0.2, 0.25) is 5.13 Å². The van der Waals surface area contributed by atoms with Gasteiger partial charge in [0.15, 0.2) is 6.04 Å². The Morgan fingerprint density at radius 2 is 1.93 bits per heavy atom. The SMILES string of the molecule is CC1=NN(c2nc(-c3ccc(Br)cc3)cs2)C(=O)C1N=Nc1cccc(C)c1. The van der Waals surface area contributed by atoms with E-state index in [2.05, 4.69) is 36.2 Å². The molecule has 1 aliphatic heterocycles. The molecule has 6 nitrogen and oxygen atoms in total. The van der Waals surface area contributed by atoms with Gasteiger partial charge in [-0.25, -0.2) is 4.98 Å². The molecule has 1 unspecified atom stereocenters. The van der Waals surface area contributed by atoms with E-state index in [4.69, 9.17) is 0 Å². The zero-order chi connectivity index (χ0) is 19.7. The minimum absolute atomic E-state index is 0.245. The third-order valence-corrected chi connectivity index (χ3v) is 5.54. The zero-order valence-corrected chi connectivity index (χ0v) is 17.6. The molecule has 1 aromatic heterocycles. The van der Waals surface area contributed by atoms with Crippen LogP contribution in [0.2, 0.25) is 0 Å².